The highest BCUT2D eigenvalue weighted by Crippen LogP contribution is 2.20. The van der Waals surface area contributed by atoms with E-state index in [1.165, 1.54) is 18.2 Å². The molecule has 1 amide bonds. The normalized spacial score (nSPS) is 12.2. The van der Waals surface area contributed by atoms with E-state index in [1.807, 2.05) is 6.92 Å². The number of amides is 1. The quantitative estimate of drug-likeness (QED) is 0.588. The maximum atomic E-state index is 12.2. The second kappa shape index (κ2) is 8.74. The molecule has 6 heteroatoms. The molecule has 1 N–H and O–H groups in total. The molecule has 0 aliphatic rings. The number of para-hydroxylation sites is 1. The second-order valence-corrected chi connectivity index (χ2v) is 4.84. The van der Waals surface area contributed by atoms with Crippen LogP contribution in [0.15, 0.2) is 24.3 Å². The third-order valence-electron chi connectivity index (χ3n) is 2.77. The lowest BCUT2D eigenvalue weighted by Crippen LogP contribution is -2.25. The van der Waals surface area contributed by atoms with E-state index < -0.39 is 12.5 Å². The summed E-state index contributed by atoms with van der Waals surface area (Å²) in [5.74, 6) is 0.441. The number of benzene rings is 1. The summed E-state index contributed by atoms with van der Waals surface area (Å²) in [5.41, 5.74) is 0.109. The largest absolute Gasteiger partial charge is 0.434 e. The standard InChI is InChI=1S/C14H18ClF2NO2/c1-10(9-15)5-4-8-18-13(19)11-6-2-3-7-12(11)20-14(16)17/h2-3,6-7,10,14H,4-5,8-9H2,1H3,(H,18,19). The monoisotopic (exact) mass is 305 g/mol. The van der Waals surface area contributed by atoms with Crippen LogP contribution in [0, 0.1) is 5.92 Å². The molecule has 0 saturated heterocycles. The molecule has 0 fully saturated rings. The molecule has 1 aromatic rings. The Hall–Kier alpha value is -1.36. The lowest BCUT2D eigenvalue weighted by molar-refractivity contribution is -0.0501. The van der Waals surface area contributed by atoms with Gasteiger partial charge in [0.15, 0.2) is 0 Å². The number of rotatable bonds is 8. The van der Waals surface area contributed by atoms with E-state index in [2.05, 4.69) is 10.1 Å². The average Bonchev–Trinajstić information content (AvgIpc) is 2.43. The number of halogens is 3. The Morgan fingerprint density at radius 2 is 2.10 bits per heavy atom. The summed E-state index contributed by atoms with van der Waals surface area (Å²) in [6.45, 7) is -0.447. The van der Waals surface area contributed by atoms with Crippen LogP contribution in [0.3, 0.4) is 0 Å². The van der Waals surface area contributed by atoms with Crippen LogP contribution >= 0.6 is 11.6 Å². The first-order chi connectivity index (χ1) is 9.54. The van der Waals surface area contributed by atoms with Gasteiger partial charge in [-0.25, -0.2) is 0 Å². The molecule has 20 heavy (non-hydrogen) atoms. The van der Waals surface area contributed by atoms with Crippen molar-refractivity contribution in [2.75, 3.05) is 12.4 Å². The summed E-state index contributed by atoms with van der Waals surface area (Å²) in [6.07, 6.45) is 1.69. The molecule has 112 valence electrons. The van der Waals surface area contributed by atoms with Crippen molar-refractivity contribution in [1.82, 2.24) is 5.32 Å². The zero-order valence-electron chi connectivity index (χ0n) is 11.2. The fourth-order valence-electron chi connectivity index (χ4n) is 1.68. The smallest absolute Gasteiger partial charge is 0.387 e. The van der Waals surface area contributed by atoms with Crippen LogP contribution in [0.1, 0.15) is 30.1 Å². The van der Waals surface area contributed by atoms with Crippen LogP contribution < -0.4 is 10.1 Å². The van der Waals surface area contributed by atoms with E-state index in [-0.39, 0.29) is 11.3 Å². The summed E-state index contributed by atoms with van der Waals surface area (Å²) in [5, 5.41) is 2.69. The predicted octanol–water partition coefficient (Wildman–Crippen LogP) is 3.67. The molecule has 1 rings (SSSR count). The van der Waals surface area contributed by atoms with Gasteiger partial charge >= 0.3 is 6.61 Å². The van der Waals surface area contributed by atoms with Gasteiger partial charge in [0.1, 0.15) is 5.75 Å². The van der Waals surface area contributed by atoms with E-state index in [9.17, 15) is 13.6 Å². The summed E-state index contributed by atoms with van der Waals surface area (Å²) >= 11 is 5.68. The summed E-state index contributed by atoms with van der Waals surface area (Å²) in [6, 6.07) is 5.94. The molecular formula is C14H18ClF2NO2. The van der Waals surface area contributed by atoms with E-state index in [1.54, 1.807) is 6.07 Å². The van der Waals surface area contributed by atoms with Crippen LogP contribution in [0.2, 0.25) is 0 Å². The summed E-state index contributed by atoms with van der Waals surface area (Å²) < 4.78 is 28.8. The minimum Gasteiger partial charge on any atom is -0.434 e. The molecule has 1 unspecified atom stereocenters. The van der Waals surface area contributed by atoms with Crippen LogP contribution in [-0.2, 0) is 0 Å². The van der Waals surface area contributed by atoms with Gasteiger partial charge in [-0.05, 0) is 30.9 Å². The van der Waals surface area contributed by atoms with Crippen molar-refractivity contribution >= 4 is 17.5 Å². The van der Waals surface area contributed by atoms with E-state index >= 15 is 0 Å². The molecule has 0 saturated carbocycles. The number of hydrogen-bond donors (Lipinski definition) is 1. The van der Waals surface area contributed by atoms with E-state index in [4.69, 9.17) is 11.6 Å². The van der Waals surface area contributed by atoms with Crippen molar-refractivity contribution < 1.29 is 18.3 Å². The van der Waals surface area contributed by atoms with Gasteiger partial charge in [-0.3, -0.25) is 4.79 Å². The molecule has 0 aromatic heterocycles. The maximum Gasteiger partial charge on any atom is 0.387 e. The Morgan fingerprint density at radius 3 is 2.75 bits per heavy atom. The minimum absolute atomic E-state index is 0.109. The maximum absolute atomic E-state index is 12.2. The zero-order chi connectivity index (χ0) is 15.0. The van der Waals surface area contributed by atoms with Gasteiger partial charge in [-0.1, -0.05) is 19.1 Å². The van der Waals surface area contributed by atoms with Crippen LogP contribution in [0.25, 0.3) is 0 Å². The number of carbonyl (C=O) groups is 1. The van der Waals surface area contributed by atoms with Gasteiger partial charge in [0.05, 0.1) is 5.56 Å². The van der Waals surface area contributed by atoms with Crippen molar-refractivity contribution in [3.05, 3.63) is 29.8 Å². The second-order valence-electron chi connectivity index (χ2n) is 4.53. The van der Waals surface area contributed by atoms with Crippen molar-refractivity contribution in [2.24, 2.45) is 5.92 Å². The number of carbonyl (C=O) groups excluding carboxylic acids is 1. The lowest BCUT2D eigenvalue weighted by Gasteiger charge is -2.11. The van der Waals surface area contributed by atoms with Gasteiger partial charge in [0, 0.05) is 12.4 Å². The molecule has 0 aliphatic heterocycles. The predicted molar refractivity (Wildman–Crippen MR) is 74.5 cm³/mol. The molecule has 3 nitrogen and oxygen atoms in total. The Kier molecular flexibility index (Phi) is 7.30. The van der Waals surface area contributed by atoms with Gasteiger partial charge in [0.2, 0.25) is 0 Å². The number of hydrogen-bond acceptors (Lipinski definition) is 2. The highest BCUT2D eigenvalue weighted by atomic mass is 35.5. The van der Waals surface area contributed by atoms with Crippen molar-refractivity contribution in [1.29, 1.82) is 0 Å². The highest BCUT2D eigenvalue weighted by Gasteiger charge is 2.14. The third kappa shape index (κ3) is 5.74. The molecular weight excluding hydrogens is 288 g/mol. The first kappa shape index (κ1) is 16.7. The molecule has 0 bridgehead atoms. The molecule has 0 heterocycles. The molecule has 0 aliphatic carbocycles. The minimum atomic E-state index is -2.95. The Labute approximate surface area is 122 Å². The fraction of sp³-hybridized carbons (Fsp3) is 0.500. The summed E-state index contributed by atoms with van der Waals surface area (Å²) in [4.78, 5) is 11.9. The zero-order valence-corrected chi connectivity index (χ0v) is 12.0. The van der Waals surface area contributed by atoms with Gasteiger partial charge in [-0.15, -0.1) is 11.6 Å². The van der Waals surface area contributed by atoms with Crippen molar-refractivity contribution in [3.63, 3.8) is 0 Å². The van der Waals surface area contributed by atoms with E-state index in [0.717, 1.165) is 12.8 Å². The summed E-state index contributed by atoms with van der Waals surface area (Å²) in [7, 11) is 0. The van der Waals surface area contributed by atoms with Crippen LogP contribution in [0.4, 0.5) is 8.78 Å². The fourth-order valence-corrected chi connectivity index (χ4v) is 1.83. The van der Waals surface area contributed by atoms with Gasteiger partial charge < -0.3 is 10.1 Å². The molecule has 1 aromatic carbocycles. The van der Waals surface area contributed by atoms with Gasteiger partial charge in [-0.2, -0.15) is 8.78 Å². The van der Waals surface area contributed by atoms with Gasteiger partial charge in [0.25, 0.3) is 5.91 Å². The van der Waals surface area contributed by atoms with Crippen LogP contribution in [-0.4, -0.2) is 24.9 Å². The van der Waals surface area contributed by atoms with Crippen molar-refractivity contribution in [2.45, 2.75) is 26.4 Å². The van der Waals surface area contributed by atoms with Crippen LogP contribution in [0.5, 0.6) is 5.75 Å². The van der Waals surface area contributed by atoms with Crippen molar-refractivity contribution in [3.8, 4) is 5.75 Å². The lowest BCUT2D eigenvalue weighted by atomic mass is 10.1. The topological polar surface area (TPSA) is 38.3 Å². The third-order valence-corrected chi connectivity index (χ3v) is 3.30. The number of ether oxygens (including phenoxy) is 1. The number of alkyl halides is 3. The number of nitrogens with one attached hydrogen (secondary N) is 1. The first-order valence-electron chi connectivity index (χ1n) is 6.42. The molecule has 0 radical (unpaired) electrons. The SMILES string of the molecule is CC(CCl)CCCNC(=O)c1ccccc1OC(F)F. The average molecular weight is 306 g/mol. The van der Waals surface area contributed by atoms with E-state index in [0.29, 0.717) is 18.3 Å². The Balaban J connectivity index is 2.51. The highest BCUT2D eigenvalue weighted by molar-refractivity contribution is 6.18. The Morgan fingerprint density at radius 1 is 1.40 bits per heavy atom. The Bertz CT molecular complexity index is 429. The molecule has 1 atom stereocenters. The first-order valence-corrected chi connectivity index (χ1v) is 6.96. The molecule has 0 spiro atoms.